The highest BCUT2D eigenvalue weighted by molar-refractivity contribution is 5.97. The molecule has 2 atom stereocenters. The summed E-state index contributed by atoms with van der Waals surface area (Å²) in [4.78, 5) is 27.3. The molecule has 3 aromatic heterocycles. The number of carbonyl (C=O) groups is 1. The number of likely N-dealkylation sites (tertiary alicyclic amines) is 1. The molecule has 0 radical (unpaired) electrons. The monoisotopic (exact) mass is 491 g/mol. The number of nitrogens with zero attached hydrogens (tertiary/aromatic N) is 4. The van der Waals surface area contributed by atoms with E-state index in [9.17, 15) is 9.90 Å². The molecule has 5 fully saturated rings. The Bertz CT molecular complexity index is 1280. The summed E-state index contributed by atoms with van der Waals surface area (Å²) in [5.41, 5.74) is 1.89. The van der Waals surface area contributed by atoms with Crippen LogP contribution in [0.4, 0.5) is 5.69 Å². The Labute approximate surface area is 209 Å². The Morgan fingerprint density at radius 3 is 2.75 bits per heavy atom. The lowest BCUT2D eigenvalue weighted by Crippen LogP contribution is -2.59. The number of anilines is 1. The van der Waals surface area contributed by atoms with Gasteiger partial charge in [-0.25, -0.2) is 4.98 Å². The topological polar surface area (TPSA) is 132 Å². The van der Waals surface area contributed by atoms with Crippen LogP contribution in [0.5, 0.6) is 0 Å². The fourth-order valence-electron chi connectivity index (χ4n) is 7.54. The summed E-state index contributed by atoms with van der Waals surface area (Å²) >= 11 is 0. The highest BCUT2D eigenvalue weighted by atomic mass is 16.5. The van der Waals surface area contributed by atoms with Crippen LogP contribution >= 0.6 is 0 Å². The molecule has 2 unspecified atom stereocenters. The number of carbonyl (C=O) groups excluding carboxylic acids is 1. The lowest BCUT2D eigenvalue weighted by atomic mass is 9.52. The van der Waals surface area contributed by atoms with Crippen molar-refractivity contribution in [3.05, 3.63) is 24.3 Å². The molecule has 4 heterocycles. The number of hydrogen-bond acceptors (Lipinski definition) is 8. The fraction of sp³-hybridized carbons (Fsp3) is 0.615. The van der Waals surface area contributed by atoms with Crippen molar-refractivity contribution in [2.24, 2.45) is 17.8 Å². The summed E-state index contributed by atoms with van der Waals surface area (Å²) in [6.07, 6.45) is 10.4. The molecule has 4 saturated carbocycles. The van der Waals surface area contributed by atoms with Crippen molar-refractivity contribution in [1.29, 1.82) is 0 Å². The predicted molar refractivity (Wildman–Crippen MR) is 133 cm³/mol. The van der Waals surface area contributed by atoms with Gasteiger partial charge in [-0.3, -0.25) is 4.79 Å². The van der Waals surface area contributed by atoms with Crippen LogP contribution in [0.2, 0.25) is 0 Å². The number of aromatic amines is 1. The summed E-state index contributed by atoms with van der Waals surface area (Å²) < 4.78 is 5.61. The maximum Gasteiger partial charge on any atom is 0.292 e. The van der Waals surface area contributed by atoms with Gasteiger partial charge in [-0.1, -0.05) is 5.16 Å². The third kappa shape index (κ3) is 3.78. The van der Waals surface area contributed by atoms with Crippen LogP contribution < -0.4 is 10.6 Å². The maximum atomic E-state index is 12.8. The van der Waals surface area contributed by atoms with Gasteiger partial charge in [0.15, 0.2) is 0 Å². The molecule has 1 amide bonds. The molecule has 0 spiro atoms. The lowest BCUT2D eigenvalue weighted by Gasteiger charge is -2.58. The molecule has 4 N–H and O–H groups in total. The van der Waals surface area contributed by atoms with Crippen LogP contribution in [0.3, 0.4) is 0 Å². The number of pyridine rings is 1. The molecule has 8 rings (SSSR count). The molecule has 1 saturated heterocycles. The second kappa shape index (κ2) is 8.27. The number of hydrogen-bond donors (Lipinski definition) is 4. The van der Waals surface area contributed by atoms with Gasteiger partial charge in [0.2, 0.25) is 0 Å². The Hall–Kier alpha value is -2.98. The van der Waals surface area contributed by atoms with Gasteiger partial charge in [0, 0.05) is 29.9 Å². The molecular formula is C26H33N7O3. The molecule has 4 bridgehead atoms. The molecule has 10 heteroatoms. The fourth-order valence-corrected chi connectivity index (χ4v) is 7.54. The van der Waals surface area contributed by atoms with Crippen molar-refractivity contribution in [2.45, 2.75) is 62.6 Å². The van der Waals surface area contributed by atoms with Gasteiger partial charge >= 0.3 is 0 Å². The highest BCUT2D eigenvalue weighted by Crippen LogP contribution is 2.56. The van der Waals surface area contributed by atoms with E-state index in [2.05, 4.69) is 42.7 Å². The molecular weight excluding hydrogens is 458 g/mol. The number of rotatable bonds is 5. The van der Waals surface area contributed by atoms with Crippen molar-refractivity contribution >= 4 is 22.6 Å². The zero-order valence-corrected chi connectivity index (χ0v) is 20.5. The normalized spacial score (nSPS) is 32.3. The van der Waals surface area contributed by atoms with Crippen molar-refractivity contribution < 1.29 is 14.4 Å². The Kier molecular flexibility index (Phi) is 5.11. The number of aromatic nitrogens is 4. The first-order chi connectivity index (χ1) is 17.4. The van der Waals surface area contributed by atoms with Crippen LogP contribution in [-0.2, 0) is 0 Å². The van der Waals surface area contributed by atoms with Crippen LogP contribution in [0.1, 0.15) is 55.6 Å². The quantitative estimate of drug-likeness (QED) is 0.428. The van der Waals surface area contributed by atoms with Gasteiger partial charge in [0.25, 0.3) is 17.6 Å². The summed E-state index contributed by atoms with van der Waals surface area (Å²) in [7, 11) is 2.09. The lowest BCUT2D eigenvalue weighted by molar-refractivity contribution is -0.129. The number of amides is 1. The first kappa shape index (κ1) is 22.2. The summed E-state index contributed by atoms with van der Waals surface area (Å²) in [6, 6.07) is 2.40. The second-order valence-electron chi connectivity index (χ2n) is 11.6. The third-order valence-electron chi connectivity index (χ3n) is 9.05. The van der Waals surface area contributed by atoms with Crippen LogP contribution in [-0.4, -0.2) is 73.8 Å². The van der Waals surface area contributed by atoms with E-state index >= 15 is 0 Å². The van der Waals surface area contributed by atoms with Gasteiger partial charge in [-0.05, 0) is 88.9 Å². The number of H-pyrrole nitrogens is 1. The largest absolute Gasteiger partial charge is 0.390 e. The van der Waals surface area contributed by atoms with Crippen molar-refractivity contribution in [3.8, 4) is 11.5 Å². The molecule has 1 aliphatic heterocycles. The Morgan fingerprint density at radius 2 is 2.00 bits per heavy atom. The van der Waals surface area contributed by atoms with E-state index in [0.717, 1.165) is 74.8 Å². The summed E-state index contributed by atoms with van der Waals surface area (Å²) in [5.74, 6) is 1.53. The molecule has 190 valence electrons. The van der Waals surface area contributed by atoms with Crippen molar-refractivity contribution in [1.82, 2.24) is 30.3 Å². The van der Waals surface area contributed by atoms with E-state index in [-0.39, 0.29) is 29.7 Å². The molecule has 36 heavy (non-hydrogen) atoms. The van der Waals surface area contributed by atoms with Crippen LogP contribution in [0, 0.1) is 17.8 Å². The summed E-state index contributed by atoms with van der Waals surface area (Å²) in [5, 5.41) is 22.9. The maximum absolute atomic E-state index is 12.8. The number of fused-ring (bicyclic) bond motifs is 1. The number of aliphatic hydroxyl groups is 1. The average molecular weight is 492 g/mol. The predicted octanol–water partition coefficient (Wildman–Crippen LogP) is 2.79. The van der Waals surface area contributed by atoms with Crippen LogP contribution in [0.25, 0.3) is 22.5 Å². The van der Waals surface area contributed by atoms with Gasteiger partial charge in [0.1, 0.15) is 5.65 Å². The Balaban J connectivity index is 1.17. The van der Waals surface area contributed by atoms with E-state index in [1.807, 2.05) is 12.3 Å². The molecule has 0 aromatic carbocycles. The third-order valence-corrected chi connectivity index (χ3v) is 9.05. The van der Waals surface area contributed by atoms with Crippen LogP contribution in [0.15, 0.2) is 23.0 Å². The van der Waals surface area contributed by atoms with E-state index < -0.39 is 5.60 Å². The first-order valence-electron chi connectivity index (χ1n) is 13.2. The van der Waals surface area contributed by atoms with Gasteiger partial charge in [-0.15, -0.1) is 0 Å². The SMILES string of the molecule is CN1CCC(NC(=O)c2noc(-c3cnc4[nH]ccc4c3NC3C4CC5CC3CC(O)(C5)C4)n2)CC1. The van der Waals surface area contributed by atoms with Gasteiger partial charge < -0.3 is 30.1 Å². The Morgan fingerprint density at radius 1 is 1.22 bits per heavy atom. The zero-order chi connectivity index (χ0) is 24.4. The van der Waals surface area contributed by atoms with E-state index in [1.165, 1.54) is 0 Å². The van der Waals surface area contributed by atoms with Gasteiger partial charge in [-0.2, -0.15) is 4.98 Å². The minimum atomic E-state index is -0.484. The van der Waals surface area contributed by atoms with Crippen molar-refractivity contribution in [3.63, 3.8) is 0 Å². The zero-order valence-electron chi connectivity index (χ0n) is 20.5. The van der Waals surface area contributed by atoms with E-state index in [4.69, 9.17) is 4.52 Å². The minimum absolute atomic E-state index is 0.0425. The number of piperidine rings is 1. The summed E-state index contributed by atoms with van der Waals surface area (Å²) in [6.45, 7) is 1.92. The molecule has 5 aliphatic rings. The van der Waals surface area contributed by atoms with Gasteiger partial charge in [0.05, 0.1) is 16.9 Å². The average Bonchev–Trinajstić information content (AvgIpc) is 3.52. The first-order valence-corrected chi connectivity index (χ1v) is 13.2. The molecule has 3 aromatic rings. The van der Waals surface area contributed by atoms with E-state index in [0.29, 0.717) is 23.3 Å². The minimum Gasteiger partial charge on any atom is -0.390 e. The van der Waals surface area contributed by atoms with E-state index in [1.54, 1.807) is 6.20 Å². The molecule has 4 aliphatic carbocycles. The van der Waals surface area contributed by atoms with Crippen molar-refractivity contribution in [2.75, 3.05) is 25.5 Å². The number of nitrogens with one attached hydrogen (secondary N) is 3. The highest BCUT2D eigenvalue weighted by Gasteiger charge is 2.54. The second-order valence-corrected chi connectivity index (χ2v) is 11.6. The standard InChI is InChI=1S/C26H33N7O3/c1-33-6-3-17(4-7-33)29-24(34)23-31-25(36-32-23)19-13-28-22-18(2-5-27-22)21(19)30-20-15-8-14-9-16(20)12-26(35,10-14)11-15/h2,5,13-17,20,35H,3-4,6-12H2,1H3,(H,29,34)(H2,27,28,30). The molecule has 10 nitrogen and oxygen atoms in total. The smallest absolute Gasteiger partial charge is 0.292 e.